The van der Waals surface area contributed by atoms with Gasteiger partial charge in [0.05, 0.1) is 11.2 Å². The van der Waals surface area contributed by atoms with Gasteiger partial charge in [-0.15, -0.1) is 0 Å². The first kappa shape index (κ1) is 13.2. The van der Waals surface area contributed by atoms with Gasteiger partial charge in [0, 0.05) is 23.3 Å². The normalized spacial score (nSPS) is 21.8. The standard InChI is InChI=1S/C17H23N3/c1-17(2)9-3-5-12(11-17)20-15-8-7-14(18)13-6-4-10-19-16(13)15/h4,6-8,10,12,20H,3,5,9,11,18H2,1-2H3. The Balaban J connectivity index is 1.90. The van der Waals surface area contributed by atoms with E-state index in [1.54, 1.807) is 0 Å². The predicted octanol–water partition coefficient (Wildman–Crippen LogP) is 4.20. The number of aromatic nitrogens is 1. The molecule has 1 aliphatic rings. The molecule has 0 amide bonds. The van der Waals surface area contributed by atoms with Gasteiger partial charge in [-0.3, -0.25) is 4.98 Å². The van der Waals surface area contributed by atoms with Gasteiger partial charge < -0.3 is 11.1 Å². The van der Waals surface area contributed by atoms with E-state index in [2.05, 4.69) is 30.2 Å². The average Bonchev–Trinajstić information content (AvgIpc) is 2.41. The van der Waals surface area contributed by atoms with E-state index in [1.807, 2.05) is 24.4 Å². The second-order valence-corrected chi connectivity index (χ2v) is 6.70. The van der Waals surface area contributed by atoms with E-state index in [9.17, 15) is 0 Å². The lowest BCUT2D eigenvalue weighted by atomic mass is 9.75. The van der Waals surface area contributed by atoms with Gasteiger partial charge in [0.1, 0.15) is 0 Å². The van der Waals surface area contributed by atoms with Crippen molar-refractivity contribution in [3.8, 4) is 0 Å². The maximum atomic E-state index is 6.03. The summed E-state index contributed by atoms with van der Waals surface area (Å²) in [4.78, 5) is 4.50. The number of fused-ring (bicyclic) bond motifs is 1. The fourth-order valence-electron chi connectivity index (χ4n) is 3.35. The van der Waals surface area contributed by atoms with Gasteiger partial charge in [-0.25, -0.2) is 0 Å². The van der Waals surface area contributed by atoms with Crippen molar-refractivity contribution in [1.29, 1.82) is 0 Å². The lowest BCUT2D eigenvalue weighted by molar-refractivity contribution is 0.229. The van der Waals surface area contributed by atoms with Gasteiger partial charge in [0.15, 0.2) is 0 Å². The lowest BCUT2D eigenvalue weighted by Crippen LogP contribution is -2.31. The number of nitrogens with two attached hydrogens (primary N) is 1. The minimum absolute atomic E-state index is 0.437. The highest BCUT2D eigenvalue weighted by atomic mass is 14.9. The molecule has 3 nitrogen and oxygen atoms in total. The lowest BCUT2D eigenvalue weighted by Gasteiger charge is -2.36. The minimum Gasteiger partial charge on any atom is -0.398 e. The van der Waals surface area contributed by atoms with Crippen LogP contribution in [0.5, 0.6) is 0 Å². The number of nitrogens with one attached hydrogen (secondary N) is 1. The molecule has 1 aliphatic carbocycles. The van der Waals surface area contributed by atoms with Crippen LogP contribution in [-0.4, -0.2) is 11.0 Å². The number of benzene rings is 1. The molecule has 2 aromatic rings. The van der Waals surface area contributed by atoms with E-state index in [-0.39, 0.29) is 0 Å². The van der Waals surface area contributed by atoms with Crippen LogP contribution >= 0.6 is 0 Å². The summed E-state index contributed by atoms with van der Waals surface area (Å²) in [5.74, 6) is 0. The van der Waals surface area contributed by atoms with Crippen molar-refractivity contribution in [2.45, 2.75) is 45.6 Å². The molecule has 1 unspecified atom stereocenters. The fraction of sp³-hybridized carbons (Fsp3) is 0.471. The van der Waals surface area contributed by atoms with Gasteiger partial charge in [-0.1, -0.05) is 20.3 Å². The van der Waals surface area contributed by atoms with Crippen LogP contribution in [0.25, 0.3) is 10.9 Å². The van der Waals surface area contributed by atoms with Gasteiger partial charge >= 0.3 is 0 Å². The maximum Gasteiger partial charge on any atom is 0.0953 e. The molecule has 0 bridgehead atoms. The first-order chi connectivity index (χ1) is 9.55. The number of nitrogens with zero attached hydrogens (tertiary/aromatic N) is 1. The molecular weight excluding hydrogens is 246 g/mol. The van der Waals surface area contributed by atoms with E-state index < -0.39 is 0 Å². The van der Waals surface area contributed by atoms with E-state index in [1.165, 1.54) is 25.7 Å². The van der Waals surface area contributed by atoms with Crippen molar-refractivity contribution >= 4 is 22.3 Å². The monoisotopic (exact) mass is 269 g/mol. The molecule has 106 valence electrons. The number of hydrogen-bond acceptors (Lipinski definition) is 3. The van der Waals surface area contributed by atoms with Crippen molar-refractivity contribution in [2.24, 2.45) is 5.41 Å². The molecule has 1 atom stereocenters. The zero-order valence-electron chi connectivity index (χ0n) is 12.3. The van der Waals surface area contributed by atoms with E-state index in [4.69, 9.17) is 5.73 Å². The highest BCUT2D eigenvalue weighted by Gasteiger charge is 2.28. The van der Waals surface area contributed by atoms with Crippen molar-refractivity contribution in [3.05, 3.63) is 30.5 Å². The zero-order valence-corrected chi connectivity index (χ0v) is 12.3. The first-order valence-corrected chi connectivity index (χ1v) is 7.45. The zero-order chi connectivity index (χ0) is 14.2. The van der Waals surface area contributed by atoms with Crippen molar-refractivity contribution < 1.29 is 0 Å². The van der Waals surface area contributed by atoms with Crippen molar-refractivity contribution in [2.75, 3.05) is 11.1 Å². The third kappa shape index (κ3) is 2.58. The molecular formula is C17H23N3. The van der Waals surface area contributed by atoms with Crippen LogP contribution in [0.1, 0.15) is 39.5 Å². The second-order valence-electron chi connectivity index (χ2n) is 6.70. The summed E-state index contributed by atoms with van der Waals surface area (Å²) in [6, 6.07) is 8.54. The SMILES string of the molecule is CC1(C)CCCC(Nc2ccc(N)c3cccnc23)C1. The number of anilines is 2. The first-order valence-electron chi connectivity index (χ1n) is 7.45. The number of rotatable bonds is 2. The van der Waals surface area contributed by atoms with E-state index >= 15 is 0 Å². The summed E-state index contributed by atoms with van der Waals surface area (Å²) in [5, 5.41) is 4.72. The molecule has 20 heavy (non-hydrogen) atoms. The number of hydrogen-bond donors (Lipinski definition) is 2. The van der Waals surface area contributed by atoms with E-state index in [0.717, 1.165) is 22.3 Å². The highest BCUT2D eigenvalue weighted by Crippen LogP contribution is 2.37. The van der Waals surface area contributed by atoms with Crippen molar-refractivity contribution in [3.63, 3.8) is 0 Å². The smallest absolute Gasteiger partial charge is 0.0953 e. The molecule has 1 aromatic heterocycles. The van der Waals surface area contributed by atoms with Crippen LogP contribution in [0.2, 0.25) is 0 Å². The molecule has 1 saturated carbocycles. The molecule has 3 heteroatoms. The summed E-state index contributed by atoms with van der Waals surface area (Å²) in [6.07, 6.45) is 6.91. The van der Waals surface area contributed by atoms with E-state index in [0.29, 0.717) is 11.5 Å². The molecule has 3 N–H and O–H groups in total. The maximum absolute atomic E-state index is 6.03. The molecule has 3 rings (SSSR count). The largest absolute Gasteiger partial charge is 0.398 e. The molecule has 0 saturated heterocycles. The van der Waals surface area contributed by atoms with Gasteiger partial charge in [0.25, 0.3) is 0 Å². The Morgan fingerprint density at radius 3 is 2.95 bits per heavy atom. The summed E-state index contributed by atoms with van der Waals surface area (Å²) >= 11 is 0. The third-order valence-electron chi connectivity index (χ3n) is 4.37. The van der Waals surface area contributed by atoms with Crippen LogP contribution < -0.4 is 11.1 Å². The van der Waals surface area contributed by atoms with Gasteiger partial charge in [-0.2, -0.15) is 0 Å². The van der Waals surface area contributed by atoms with Crippen molar-refractivity contribution in [1.82, 2.24) is 4.98 Å². The topological polar surface area (TPSA) is 50.9 Å². The summed E-state index contributed by atoms with van der Waals surface area (Å²) in [7, 11) is 0. The second kappa shape index (κ2) is 4.97. The Morgan fingerprint density at radius 1 is 1.30 bits per heavy atom. The predicted molar refractivity (Wildman–Crippen MR) is 85.8 cm³/mol. The molecule has 1 aromatic carbocycles. The Labute approximate surface area is 120 Å². The summed E-state index contributed by atoms with van der Waals surface area (Å²) in [5.41, 5.74) is 9.36. The number of nitrogen functional groups attached to an aromatic ring is 1. The molecule has 0 radical (unpaired) electrons. The number of pyridine rings is 1. The molecule has 0 aliphatic heterocycles. The average molecular weight is 269 g/mol. The van der Waals surface area contributed by atoms with Gasteiger partial charge in [-0.05, 0) is 48.9 Å². The molecule has 1 fully saturated rings. The quantitative estimate of drug-likeness (QED) is 0.803. The Hall–Kier alpha value is -1.77. The minimum atomic E-state index is 0.437. The van der Waals surface area contributed by atoms with Crippen LogP contribution in [-0.2, 0) is 0 Å². The Morgan fingerprint density at radius 2 is 2.15 bits per heavy atom. The fourth-order valence-corrected chi connectivity index (χ4v) is 3.35. The third-order valence-corrected chi connectivity index (χ3v) is 4.37. The highest BCUT2D eigenvalue weighted by molar-refractivity contribution is 5.98. The summed E-state index contributed by atoms with van der Waals surface area (Å²) < 4.78 is 0. The van der Waals surface area contributed by atoms with Crippen LogP contribution in [0.15, 0.2) is 30.5 Å². The summed E-state index contributed by atoms with van der Waals surface area (Å²) in [6.45, 7) is 4.72. The Bertz CT molecular complexity index is 619. The Kier molecular flexibility index (Phi) is 3.28. The van der Waals surface area contributed by atoms with Crippen LogP contribution in [0.4, 0.5) is 11.4 Å². The molecule has 0 spiro atoms. The molecule has 1 heterocycles. The van der Waals surface area contributed by atoms with Gasteiger partial charge in [0.2, 0.25) is 0 Å². The van der Waals surface area contributed by atoms with Crippen LogP contribution in [0.3, 0.4) is 0 Å². The van der Waals surface area contributed by atoms with Crippen LogP contribution in [0, 0.1) is 5.41 Å².